The predicted molar refractivity (Wildman–Crippen MR) is 90.9 cm³/mol. The van der Waals surface area contributed by atoms with Crippen LogP contribution in [0, 0.1) is 0 Å². The molecule has 1 fully saturated rings. The molecule has 2 heterocycles. The van der Waals surface area contributed by atoms with Gasteiger partial charge in [0, 0.05) is 11.3 Å². The molecule has 0 aromatic heterocycles. The molecule has 0 aliphatic carbocycles. The molecule has 9 heteroatoms. The van der Waals surface area contributed by atoms with Crippen molar-refractivity contribution >= 4 is 29.5 Å². The van der Waals surface area contributed by atoms with E-state index in [1.165, 1.54) is 25.9 Å². The number of fused-ring (bicyclic) bond motifs is 1. The number of halogens is 1. The van der Waals surface area contributed by atoms with Gasteiger partial charge in [0.1, 0.15) is 11.8 Å². The molecule has 1 aromatic rings. The summed E-state index contributed by atoms with van der Waals surface area (Å²) in [5.41, 5.74) is 0.152. The number of amides is 3. The fraction of sp³-hybridized carbons (Fsp3) is 0.471. The van der Waals surface area contributed by atoms with Gasteiger partial charge in [0.15, 0.2) is 0 Å². The van der Waals surface area contributed by atoms with Crippen LogP contribution in [0.4, 0.5) is 25.4 Å². The van der Waals surface area contributed by atoms with Crippen LogP contribution in [-0.4, -0.2) is 44.4 Å². The van der Waals surface area contributed by atoms with Gasteiger partial charge in [0.2, 0.25) is 5.91 Å². The van der Waals surface area contributed by atoms with Crippen molar-refractivity contribution in [1.29, 1.82) is 0 Å². The Morgan fingerprint density at radius 1 is 1.46 bits per heavy atom. The Morgan fingerprint density at radius 2 is 2.19 bits per heavy atom. The largest absolute Gasteiger partial charge is 0.453 e. The molecule has 1 atom stereocenters. The number of cyclic esters (lactones) is 1. The number of methoxy groups -OCH3 is 1. The molecular formula is C17H20FN3O5. The Hall–Kier alpha value is -2.84. The van der Waals surface area contributed by atoms with E-state index in [1.807, 2.05) is 0 Å². The molecule has 0 saturated carbocycles. The lowest BCUT2D eigenvalue weighted by Gasteiger charge is -2.22. The summed E-state index contributed by atoms with van der Waals surface area (Å²) in [4.78, 5) is 36.4. The fourth-order valence-electron chi connectivity index (χ4n) is 3.06. The van der Waals surface area contributed by atoms with E-state index in [-0.39, 0.29) is 25.4 Å². The molecule has 2 aliphatic heterocycles. The summed E-state index contributed by atoms with van der Waals surface area (Å²) in [6.07, 6.45) is -1.65. The van der Waals surface area contributed by atoms with Gasteiger partial charge < -0.3 is 20.1 Å². The van der Waals surface area contributed by atoms with Crippen LogP contribution in [0.5, 0.6) is 0 Å². The molecule has 140 valence electrons. The smallest absolute Gasteiger partial charge is 0.414 e. The van der Waals surface area contributed by atoms with Crippen molar-refractivity contribution in [3.8, 4) is 0 Å². The van der Waals surface area contributed by atoms with Gasteiger partial charge in [-0.25, -0.2) is 14.0 Å². The van der Waals surface area contributed by atoms with Gasteiger partial charge in [-0.05, 0) is 31.5 Å². The summed E-state index contributed by atoms with van der Waals surface area (Å²) in [6.45, 7) is 3.07. The van der Waals surface area contributed by atoms with Crippen molar-refractivity contribution in [2.45, 2.75) is 32.0 Å². The summed E-state index contributed by atoms with van der Waals surface area (Å²) in [6, 6.07) is 3.22. The van der Waals surface area contributed by atoms with Crippen molar-refractivity contribution < 1.29 is 28.2 Å². The zero-order chi connectivity index (χ0) is 19.1. The number of hydrogen-bond acceptors (Lipinski definition) is 5. The van der Waals surface area contributed by atoms with Crippen molar-refractivity contribution in [2.24, 2.45) is 0 Å². The summed E-state index contributed by atoms with van der Waals surface area (Å²) >= 11 is 0. The number of alkyl carbamates (subject to hydrolysis) is 1. The second-order valence-corrected chi connectivity index (χ2v) is 6.71. The number of nitrogens with one attached hydrogen (secondary N) is 2. The van der Waals surface area contributed by atoms with E-state index >= 15 is 0 Å². The normalized spacial score (nSPS) is 19.1. The number of ether oxygens (including phenoxy) is 2. The van der Waals surface area contributed by atoms with Gasteiger partial charge in [-0.15, -0.1) is 0 Å². The molecule has 26 heavy (non-hydrogen) atoms. The Balaban J connectivity index is 1.86. The molecule has 1 saturated heterocycles. The number of nitrogens with zero attached hydrogens (tertiary/aromatic N) is 1. The Kier molecular flexibility index (Phi) is 4.47. The van der Waals surface area contributed by atoms with Crippen LogP contribution in [0.15, 0.2) is 12.1 Å². The van der Waals surface area contributed by atoms with Crippen molar-refractivity contribution in [2.75, 3.05) is 30.4 Å². The number of benzene rings is 1. The molecule has 2 N–H and O–H groups in total. The van der Waals surface area contributed by atoms with E-state index in [9.17, 15) is 18.8 Å². The van der Waals surface area contributed by atoms with E-state index in [1.54, 1.807) is 12.1 Å². The van der Waals surface area contributed by atoms with Gasteiger partial charge in [0.05, 0.1) is 32.3 Å². The standard InChI is InChI=1S/C17H20FN3O5/c1-17(2,18)12-6-10(4-9-5-13(22)20-14(9)12)21-8-11(26-16(21)24)7-19-15(23)25-3/h4,6,11H,5,7-8H2,1-3H3,(H,19,23)(H,20,22)/t11-/m0/s1. The minimum absolute atomic E-state index is 0.0986. The van der Waals surface area contributed by atoms with Crippen LogP contribution >= 0.6 is 0 Å². The third kappa shape index (κ3) is 3.42. The van der Waals surface area contributed by atoms with Crippen molar-refractivity contribution in [3.63, 3.8) is 0 Å². The highest BCUT2D eigenvalue weighted by atomic mass is 19.1. The van der Waals surface area contributed by atoms with Crippen LogP contribution < -0.4 is 15.5 Å². The maximum atomic E-state index is 14.6. The molecule has 0 bridgehead atoms. The van der Waals surface area contributed by atoms with Crippen LogP contribution in [0.25, 0.3) is 0 Å². The van der Waals surface area contributed by atoms with E-state index in [4.69, 9.17) is 4.74 Å². The number of alkyl halides is 1. The quantitative estimate of drug-likeness (QED) is 0.851. The van der Waals surface area contributed by atoms with Crippen LogP contribution in [0.1, 0.15) is 25.0 Å². The Morgan fingerprint density at radius 3 is 2.85 bits per heavy atom. The van der Waals surface area contributed by atoms with E-state index < -0.39 is 24.0 Å². The van der Waals surface area contributed by atoms with E-state index in [0.717, 1.165) is 0 Å². The lowest BCUT2D eigenvalue weighted by atomic mass is 9.94. The van der Waals surface area contributed by atoms with Crippen molar-refractivity contribution in [3.05, 3.63) is 23.3 Å². The molecule has 8 nitrogen and oxygen atoms in total. The second-order valence-electron chi connectivity index (χ2n) is 6.71. The maximum absolute atomic E-state index is 14.6. The second kappa shape index (κ2) is 6.47. The minimum atomic E-state index is -1.70. The minimum Gasteiger partial charge on any atom is -0.453 e. The number of rotatable bonds is 4. The van der Waals surface area contributed by atoms with Crippen LogP contribution in [-0.2, 0) is 26.4 Å². The highest BCUT2D eigenvalue weighted by molar-refractivity contribution is 6.01. The third-order valence-corrected chi connectivity index (χ3v) is 4.31. The molecule has 3 rings (SSSR count). The summed E-state index contributed by atoms with van der Waals surface area (Å²) in [5, 5.41) is 5.14. The van der Waals surface area contributed by atoms with Gasteiger partial charge in [-0.2, -0.15) is 0 Å². The van der Waals surface area contributed by atoms with Gasteiger partial charge >= 0.3 is 12.2 Å². The number of anilines is 2. The lowest BCUT2D eigenvalue weighted by Crippen LogP contribution is -2.34. The van der Waals surface area contributed by atoms with Gasteiger partial charge in [0.25, 0.3) is 0 Å². The number of carbonyl (C=O) groups is 3. The Labute approximate surface area is 149 Å². The summed E-state index contributed by atoms with van der Waals surface area (Å²) in [5.74, 6) is -0.216. The topological polar surface area (TPSA) is 97.0 Å². The first-order valence-electron chi connectivity index (χ1n) is 8.15. The lowest BCUT2D eigenvalue weighted by molar-refractivity contribution is -0.115. The first-order chi connectivity index (χ1) is 12.2. The fourth-order valence-corrected chi connectivity index (χ4v) is 3.06. The zero-order valence-electron chi connectivity index (χ0n) is 14.7. The van der Waals surface area contributed by atoms with E-state index in [2.05, 4.69) is 15.4 Å². The molecule has 1 aromatic carbocycles. The maximum Gasteiger partial charge on any atom is 0.414 e. The average molecular weight is 365 g/mol. The van der Waals surface area contributed by atoms with E-state index in [0.29, 0.717) is 22.5 Å². The number of hydrogen-bond donors (Lipinski definition) is 2. The molecule has 2 aliphatic rings. The third-order valence-electron chi connectivity index (χ3n) is 4.31. The van der Waals surface area contributed by atoms with Crippen LogP contribution in [0.2, 0.25) is 0 Å². The highest BCUT2D eigenvalue weighted by Gasteiger charge is 2.36. The highest BCUT2D eigenvalue weighted by Crippen LogP contribution is 2.40. The zero-order valence-corrected chi connectivity index (χ0v) is 14.7. The summed E-state index contributed by atoms with van der Waals surface area (Å²) < 4.78 is 24.4. The van der Waals surface area contributed by atoms with Crippen LogP contribution in [0.3, 0.4) is 0 Å². The monoisotopic (exact) mass is 365 g/mol. The molecule has 0 spiro atoms. The SMILES string of the molecule is COC(=O)NC[C@H]1CN(c2cc3c(c(C(C)(C)F)c2)NC(=O)C3)C(=O)O1. The average Bonchev–Trinajstić information content (AvgIpc) is 3.11. The first-order valence-corrected chi connectivity index (χ1v) is 8.15. The molecule has 0 radical (unpaired) electrons. The van der Waals surface area contributed by atoms with Crippen molar-refractivity contribution in [1.82, 2.24) is 5.32 Å². The van der Waals surface area contributed by atoms with Gasteiger partial charge in [-0.1, -0.05) is 0 Å². The number of carbonyl (C=O) groups excluding carboxylic acids is 3. The molecule has 0 unspecified atom stereocenters. The molecule has 3 amide bonds. The predicted octanol–water partition coefficient (Wildman–Crippen LogP) is 2.07. The first kappa shape index (κ1) is 18.0. The molecular weight excluding hydrogens is 345 g/mol. The van der Waals surface area contributed by atoms with Gasteiger partial charge in [-0.3, -0.25) is 9.69 Å². The Bertz CT molecular complexity index is 774. The summed E-state index contributed by atoms with van der Waals surface area (Å²) in [7, 11) is 1.24.